The van der Waals surface area contributed by atoms with Gasteiger partial charge in [0, 0.05) is 5.69 Å². The van der Waals surface area contributed by atoms with E-state index in [1.807, 2.05) is 19.1 Å². The fourth-order valence-corrected chi connectivity index (χ4v) is 1.80. The summed E-state index contributed by atoms with van der Waals surface area (Å²) in [5.41, 5.74) is 7.30. The summed E-state index contributed by atoms with van der Waals surface area (Å²) in [6, 6.07) is 13.8. The number of aliphatic hydroxyl groups is 1. The maximum absolute atomic E-state index is 11.7. The number of methoxy groups -OCH3 is 1. The molecule has 0 radical (unpaired) electrons. The van der Waals surface area contributed by atoms with Gasteiger partial charge in [0.25, 0.3) is 0 Å². The van der Waals surface area contributed by atoms with E-state index in [9.17, 15) is 9.90 Å². The lowest BCUT2D eigenvalue weighted by Crippen LogP contribution is -2.42. The second kappa shape index (κ2) is 7.44. The number of amides is 2. The van der Waals surface area contributed by atoms with E-state index in [4.69, 9.17) is 4.74 Å². The monoisotopic (exact) mass is 301 g/mol. The highest BCUT2D eigenvalue weighted by Gasteiger charge is 2.08. The Labute approximate surface area is 129 Å². The quantitative estimate of drug-likeness (QED) is 0.504. The summed E-state index contributed by atoms with van der Waals surface area (Å²) in [5.74, 6) is 0.695. The van der Waals surface area contributed by atoms with Crippen molar-refractivity contribution >= 4 is 11.7 Å². The molecule has 6 heteroatoms. The number of nitrogens with one attached hydrogen (secondary N) is 3. The first kappa shape index (κ1) is 15.8. The van der Waals surface area contributed by atoms with Crippen LogP contribution in [0.2, 0.25) is 0 Å². The molecule has 0 spiro atoms. The van der Waals surface area contributed by atoms with Crippen LogP contribution in [0.4, 0.5) is 10.5 Å². The van der Waals surface area contributed by atoms with Gasteiger partial charge in [-0.1, -0.05) is 29.8 Å². The maximum Gasteiger partial charge on any atom is 0.333 e. The van der Waals surface area contributed by atoms with Crippen molar-refractivity contribution in [3.63, 3.8) is 0 Å². The van der Waals surface area contributed by atoms with E-state index in [-0.39, 0.29) is 0 Å². The van der Waals surface area contributed by atoms with Gasteiger partial charge in [-0.2, -0.15) is 0 Å². The molecule has 2 rings (SSSR count). The number of benzene rings is 2. The Hall–Kier alpha value is -2.57. The lowest BCUT2D eigenvalue weighted by molar-refractivity contribution is 0.124. The summed E-state index contributed by atoms with van der Waals surface area (Å²) in [4.78, 5) is 11.7. The molecule has 0 aromatic heterocycles. The summed E-state index contributed by atoms with van der Waals surface area (Å²) in [6.45, 7) is 1.97. The zero-order chi connectivity index (χ0) is 15.9. The van der Waals surface area contributed by atoms with Gasteiger partial charge in [0.05, 0.1) is 7.11 Å². The molecule has 22 heavy (non-hydrogen) atoms. The fourth-order valence-electron chi connectivity index (χ4n) is 1.80. The number of urea groups is 1. The topological polar surface area (TPSA) is 82.6 Å². The largest absolute Gasteiger partial charge is 0.497 e. The first-order valence-electron chi connectivity index (χ1n) is 6.79. The lowest BCUT2D eigenvalue weighted by atomic mass is 10.2. The number of hydrogen-bond donors (Lipinski definition) is 4. The average Bonchev–Trinajstić information content (AvgIpc) is 2.55. The molecule has 0 saturated heterocycles. The van der Waals surface area contributed by atoms with Crippen molar-refractivity contribution < 1.29 is 14.6 Å². The number of hydrogen-bond acceptors (Lipinski definition) is 4. The number of anilines is 1. The molecule has 0 bridgehead atoms. The minimum Gasteiger partial charge on any atom is -0.497 e. The van der Waals surface area contributed by atoms with Crippen molar-refractivity contribution in [3.8, 4) is 5.75 Å². The van der Waals surface area contributed by atoms with Crippen LogP contribution in [0.15, 0.2) is 48.5 Å². The Morgan fingerprint density at radius 2 is 1.73 bits per heavy atom. The van der Waals surface area contributed by atoms with Gasteiger partial charge in [0.1, 0.15) is 12.0 Å². The Balaban J connectivity index is 1.83. The van der Waals surface area contributed by atoms with E-state index in [1.165, 1.54) is 0 Å². The second-order valence-corrected chi connectivity index (χ2v) is 4.77. The van der Waals surface area contributed by atoms with Crippen LogP contribution in [0.25, 0.3) is 0 Å². The van der Waals surface area contributed by atoms with Gasteiger partial charge in [-0.25, -0.2) is 10.2 Å². The van der Waals surface area contributed by atoms with Crippen LogP contribution in [0.3, 0.4) is 0 Å². The van der Waals surface area contributed by atoms with Crippen LogP contribution in [-0.4, -0.2) is 18.2 Å². The van der Waals surface area contributed by atoms with Gasteiger partial charge in [-0.15, -0.1) is 0 Å². The molecule has 2 aromatic rings. The summed E-state index contributed by atoms with van der Waals surface area (Å²) in [5, 5.41) is 12.6. The molecule has 1 atom stereocenters. The van der Waals surface area contributed by atoms with Crippen molar-refractivity contribution in [1.29, 1.82) is 0 Å². The van der Waals surface area contributed by atoms with Gasteiger partial charge in [-0.05, 0) is 36.8 Å². The first-order valence-corrected chi connectivity index (χ1v) is 6.79. The SMILES string of the molecule is COc1ccc(C(O)NNC(=O)Nc2ccc(C)cc2)cc1. The molecule has 0 fully saturated rings. The van der Waals surface area contributed by atoms with E-state index in [0.29, 0.717) is 17.0 Å². The molecule has 1 unspecified atom stereocenters. The number of carbonyl (C=O) groups is 1. The predicted octanol–water partition coefficient (Wildman–Crippen LogP) is 2.32. The van der Waals surface area contributed by atoms with Crippen molar-refractivity contribution in [2.75, 3.05) is 12.4 Å². The highest BCUT2D eigenvalue weighted by molar-refractivity contribution is 5.88. The van der Waals surface area contributed by atoms with Crippen molar-refractivity contribution in [1.82, 2.24) is 10.9 Å². The third kappa shape index (κ3) is 4.47. The Bertz CT molecular complexity index is 612. The van der Waals surface area contributed by atoms with Crippen LogP contribution < -0.4 is 20.9 Å². The smallest absolute Gasteiger partial charge is 0.333 e. The second-order valence-electron chi connectivity index (χ2n) is 4.77. The molecule has 0 saturated carbocycles. The maximum atomic E-state index is 11.7. The number of carbonyl (C=O) groups excluding carboxylic acids is 1. The summed E-state index contributed by atoms with van der Waals surface area (Å²) >= 11 is 0. The van der Waals surface area contributed by atoms with Crippen LogP contribution in [0, 0.1) is 6.92 Å². The van der Waals surface area contributed by atoms with Gasteiger partial charge in [0.2, 0.25) is 0 Å². The van der Waals surface area contributed by atoms with E-state index < -0.39 is 12.3 Å². The number of rotatable bonds is 5. The molecule has 0 heterocycles. The zero-order valence-electron chi connectivity index (χ0n) is 12.5. The number of aliphatic hydroxyl groups excluding tert-OH is 1. The molecular formula is C16H19N3O3. The lowest BCUT2D eigenvalue weighted by Gasteiger charge is -2.15. The van der Waals surface area contributed by atoms with Gasteiger partial charge in [-0.3, -0.25) is 5.43 Å². The normalized spacial score (nSPS) is 11.6. The molecule has 116 valence electrons. The standard InChI is InChI=1S/C16H19N3O3/c1-11-3-7-13(8-4-11)17-16(21)19-18-15(20)12-5-9-14(22-2)10-6-12/h3-10,15,18,20H,1-2H3,(H2,17,19,21). The predicted molar refractivity (Wildman–Crippen MR) is 84.4 cm³/mol. The minimum atomic E-state index is -1.02. The fraction of sp³-hybridized carbons (Fsp3) is 0.188. The van der Waals surface area contributed by atoms with Gasteiger partial charge < -0.3 is 15.2 Å². The van der Waals surface area contributed by atoms with E-state index in [1.54, 1.807) is 43.5 Å². The van der Waals surface area contributed by atoms with Crippen molar-refractivity contribution in [2.24, 2.45) is 0 Å². The molecule has 2 aromatic carbocycles. The molecule has 4 N–H and O–H groups in total. The van der Waals surface area contributed by atoms with Crippen LogP contribution in [0.5, 0.6) is 5.75 Å². The van der Waals surface area contributed by atoms with Crippen LogP contribution in [0.1, 0.15) is 17.4 Å². The highest BCUT2D eigenvalue weighted by atomic mass is 16.5. The van der Waals surface area contributed by atoms with Crippen LogP contribution in [-0.2, 0) is 0 Å². The van der Waals surface area contributed by atoms with Crippen LogP contribution >= 0.6 is 0 Å². The summed E-state index contributed by atoms with van der Waals surface area (Å²) in [6.07, 6.45) is -1.02. The molecular weight excluding hydrogens is 282 g/mol. The van der Waals surface area contributed by atoms with E-state index in [0.717, 1.165) is 5.56 Å². The van der Waals surface area contributed by atoms with Gasteiger partial charge in [0.15, 0.2) is 0 Å². The van der Waals surface area contributed by atoms with E-state index in [2.05, 4.69) is 16.2 Å². The molecule has 0 aliphatic heterocycles. The number of ether oxygens (including phenoxy) is 1. The molecule has 0 aliphatic rings. The summed E-state index contributed by atoms with van der Waals surface area (Å²) in [7, 11) is 1.57. The minimum absolute atomic E-state index is 0.462. The van der Waals surface area contributed by atoms with Crippen molar-refractivity contribution in [3.05, 3.63) is 59.7 Å². The first-order chi connectivity index (χ1) is 10.6. The molecule has 6 nitrogen and oxygen atoms in total. The van der Waals surface area contributed by atoms with Gasteiger partial charge >= 0.3 is 6.03 Å². The average molecular weight is 301 g/mol. The van der Waals surface area contributed by atoms with E-state index >= 15 is 0 Å². The molecule has 0 aliphatic carbocycles. The number of aryl methyl sites for hydroxylation is 1. The number of hydrazine groups is 1. The zero-order valence-corrected chi connectivity index (χ0v) is 12.5. The Morgan fingerprint density at radius 3 is 2.32 bits per heavy atom. The third-order valence-electron chi connectivity index (χ3n) is 3.06. The molecule has 2 amide bonds. The third-order valence-corrected chi connectivity index (χ3v) is 3.06. The van der Waals surface area contributed by atoms with Crippen molar-refractivity contribution in [2.45, 2.75) is 13.2 Å². The highest BCUT2D eigenvalue weighted by Crippen LogP contribution is 2.15. The Kier molecular flexibility index (Phi) is 5.35. The Morgan fingerprint density at radius 1 is 1.09 bits per heavy atom. The summed E-state index contributed by atoms with van der Waals surface area (Å²) < 4.78 is 5.04.